The van der Waals surface area contributed by atoms with Crippen LogP contribution in [0.2, 0.25) is 0 Å². The molecule has 1 atom stereocenters. The number of hydrogen-bond donors (Lipinski definition) is 0. The lowest BCUT2D eigenvalue weighted by Crippen LogP contribution is -2.29. The highest BCUT2D eigenvalue weighted by atomic mass is 19.1. The first-order chi connectivity index (χ1) is 11.7. The van der Waals surface area contributed by atoms with Crippen molar-refractivity contribution in [2.45, 2.75) is 32.2 Å². The highest BCUT2D eigenvalue weighted by Crippen LogP contribution is 2.24. The molecule has 0 amide bonds. The van der Waals surface area contributed by atoms with Crippen molar-refractivity contribution < 1.29 is 4.39 Å². The molecule has 1 aromatic carbocycles. The van der Waals surface area contributed by atoms with E-state index in [1.807, 2.05) is 28.8 Å². The molecule has 3 heterocycles. The van der Waals surface area contributed by atoms with Crippen LogP contribution >= 0.6 is 0 Å². The lowest BCUT2D eigenvalue weighted by Gasteiger charge is -2.19. The van der Waals surface area contributed by atoms with Gasteiger partial charge in [-0.3, -0.25) is 0 Å². The van der Waals surface area contributed by atoms with Crippen LogP contribution < -0.4 is 0 Å². The van der Waals surface area contributed by atoms with Gasteiger partial charge in [0, 0.05) is 37.0 Å². The standard InChI is InChI=1S/C20H22FN3/c1-15-5-4-10-23(15)12-9-17-14-24-11-8-16(13-20(24)22-17)18-6-2-3-7-19(18)21/h2-3,6-8,11,13-15H,4-5,9-10,12H2,1H3/t15-/m1/s1. The fourth-order valence-electron chi connectivity index (χ4n) is 3.60. The molecule has 0 bridgehead atoms. The van der Waals surface area contributed by atoms with Crippen LogP contribution in [0.25, 0.3) is 16.8 Å². The Kier molecular flexibility index (Phi) is 4.07. The zero-order valence-electron chi connectivity index (χ0n) is 14.0. The molecule has 3 aromatic rings. The van der Waals surface area contributed by atoms with Gasteiger partial charge in [0.25, 0.3) is 0 Å². The summed E-state index contributed by atoms with van der Waals surface area (Å²) in [6, 6.07) is 11.5. The van der Waals surface area contributed by atoms with E-state index in [1.54, 1.807) is 12.1 Å². The fourth-order valence-corrected chi connectivity index (χ4v) is 3.60. The minimum absolute atomic E-state index is 0.198. The number of pyridine rings is 1. The average Bonchev–Trinajstić information content (AvgIpc) is 3.18. The Labute approximate surface area is 141 Å². The first kappa shape index (κ1) is 15.3. The SMILES string of the molecule is C[C@@H]1CCCN1CCc1cn2ccc(-c3ccccc3F)cc2n1. The van der Waals surface area contributed by atoms with Crippen LogP contribution in [0.1, 0.15) is 25.5 Å². The van der Waals surface area contributed by atoms with Crippen LogP contribution in [0.4, 0.5) is 4.39 Å². The van der Waals surface area contributed by atoms with E-state index < -0.39 is 0 Å². The molecular formula is C20H22FN3. The zero-order chi connectivity index (χ0) is 16.5. The molecule has 0 spiro atoms. The topological polar surface area (TPSA) is 20.5 Å². The molecule has 0 N–H and O–H groups in total. The molecule has 0 radical (unpaired) electrons. The summed E-state index contributed by atoms with van der Waals surface area (Å²) in [6.07, 6.45) is 7.61. The van der Waals surface area contributed by atoms with E-state index in [-0.39, 0.29) is 5.82 Å². The van der Waals surface area contributed by atoms with Gasteiger partial charge in [-0.15, -0.1) is 0 Å². The molecule has 2 aromatic heterocycles. The molecule has 0 aliphatic carbocycles. The van der Waals surface area contributed by atoms with Crippen molar-refractivity contribution in [1.82, 2.24) is 14.3 Å². The molecule has 4 heteroatoms. The summed E-state index contributed by atoms with van der Waals surface area (Å²) in [5, 5.41) is 0. The van der Waals surface area contributed by atoms with Crippen LogP contribution in [0.15, 0.2) is 48.8 Å². The second-order valence-electron chi connectivity index (χ2n) is 6.67. The van der Waals surface area contributed by atoms with Crippen molar-refractivity contribution in [3.8, 4) is 11.1 Å². The average molecular weight is 323 g/mol. The van der Waals surface area contributed by atoms with E-state index in [0.717, 1.165) is 29.9 Å². The van der Waals surface area contributed by atoms with E-state index >= 15 is 0 Å². The van der Waals surface area contributed by atoms with Crippen molar-refractivity contribution in [3.05, 3.63) is 60.3 Å². The molecule has 4 rings (SSSR count). The number of rotatable bonds is 4. The van der Waals surface area contributed by atoms with E-state index in [9.17, 15) is 4.39 Å². The quantitative estimate of drug-likeness (QED) is 0.718. The number of aromatic nitrogens is 2. The van der Waals surface area contributed by atoms with E-state index in [1.165, 1.54) is 25.5 Å². The summed E-state index contributed by atoms with van der Waals surface area (Å²) in [7, 11) is 0. The Bertz CT molecular complexity index is 855. The van der Waals surface area contributed by atoms with Crippen molar-refractivity contribution >= 4 is 5.65 Å². The maximum Gasteiger partial charge on any atom is 0.137 e. The molecule has 1 saturated heterocycles. The Balaban J connectivity index is 1.56. The molecule has 0 unspecified atom stereocenters. The van der Waals surface area contributed by atoms with Crippen LogP contribution in [0, 0.1) is 5.82 Å². The van der Waals surface area contributed by atoms with Crippen LogP contribution in [0.5, 0.6) is 0 Å². The zero-order valence-corrected chi connectivity index (χ0v) is 14.0. The molecule has 1 aliphatic heterocycles. The van der Waals surface area contributed by atoms with E-state index in [0.29, 0.717) is 11.6 Å². The monoisotopic (exact) mass is 323 g/mol. The highest BCUT2D eigenvalue weighted by molar-refractivity contribution is 5.67. The smallest absolute Gasteiger partial charge is 0.137 e. The lowest BCUT2D eigenvalue weighted by atomic mass is 10.1. The van der Waals surface area contributed by atoms with Gasteiger partial charge in [-0.2, -0.15) is 0 Å². The summed E-state index contributed by atoms with van der Waals surface area (Å²) in [4.78, 5) is 7.26. The van der Waals surface area contributed by atoms with Crippen molar-refractivity contribution in [1.29, 1.82) is 0 Å². The Morgan fingerprint density at radius 2 is 2.12 bits per heavy atom. The van der Waals surface area contributed by atoms with Crippen molar-refractivity contribution in [2.24, 2.45) is 0 Å². The molecule has 24 heavy (non-hydrogen) atoms. The number of benzene rings is 1. The van der Waals surface area contributed by atoms with Crippen LogP contribution in [0.3, 0.4) is 0 Å². The maximum absolute atomic E-state index is 14.0. The Morgan fingerprint density at radius 1 is 1.25 bits per heavy atom. The molecule has 124 valence electrons. The Morgan fingerprint density at radius 3 is 2.92 bits per heavy atom. The van der Waals surface area contributed by atoms with Gasteiger partial charge < -0.3 is 9.30 Å². The summed E-state index contributed by atoms with van der Waals surface area (Å²) in [5.74, 6) is -0.198. The van der Waals surface area contributed by atoms with Gasteiger partial charge in [0.05, 0.1) is 5.69 Å². The van der Waals surface area contributed by atoms with Gasteiger partial charge in [0.2, 0.25) is 0 Å². The number of imidazole rings is 1. The van der Waals surface area contributed by atoms with E-state index in [4.69, 9.17) is 4.98 Å². The van der Waals surface area contributed by atoms with Crippen molar-refractivity contribution in [2.75, 3.05) is 13.1 Å². The third kappa shape index (κ3) is 2.94. The first-order valence-electron chi connectivity index (χ1n) is 8.67. The third-order valence-electron chi connectivity index (χ3n) is 5.04. The number of fused-ring (bicyclic) bond motifs is 1. The molecular weight excluding hydrogens is 301 g/mol. The predicted octanol–water partition coefficient (Wildman–Crippen LogP) is 4.17. The molecule has 1 aliphatic rings. The second-order valence-corrected chi connectivity index (χ2v) is 6.67. The highest BCUT2D eigenvalue weighted by Gasteiger charge is 2.19. The molecule has 0 saturated carbocycles. The molecule has 1 fully saturated rings. The maximum atomic E-state index is 14.0. The van der Waals surface area contributed by atoms with Gasteiger partial charge >= 0.3 is 0 Å². The van der Waals surface area contributed by atoms with Crippen molar-refractivity contribution in [3.63, 3.8) is 0 Å². The second kappa shape index (κ2) is 6.36. The largest absolute Gasteiger partial charge is 0.307 e. The molecule has 3 nitrogen and oxygen atoms in total. The van der Waals surface area contributed by atoms with Crippen LogP contribution in [-0.2, 0) is 6.42 Å². The van der Waals surface area contributed by atoms with Gasteiger partial charge in [-0.1, -0.05) is 18.2 Å². The van der Waals surface area contributed by atoms with E-state index in [2.05, 4.69) is 18.0 Å². The summed E-state index contributed by atoms with van der Waals surface area (Å²) in [5.41, 5.74) is 3.46. The summed E-state index contributed by atoms with van der Waals surface area (Å²) < 4.78 is 16.0. The van der Waals surface area contributed by atoms with Gasteiger partial charge in [-0.05, 0) is 50.1 Å². The van der Waals surface area contributed by atoms with Gasteiger partial charge in [0.15, 0.2) is 0 Å². The number of nitrogens with zero attached hydrogens (tertiary/aromatic N) is 3. The normalized spacial score (nSPS) is 18.5. The third-order valence-corrected chi connectivity index (χ3v) is 5.04. The minimum atomic E-state index is -0.198. The summed E-state index contributed by atoms with van der Waals surface area (Å²) >= 11 is 0. The lowest BCUT2D eigenvalue weighted by molar-refractivity contribution is 0.271. The number of halogens is 1. The fraction of sp³-hybridized carbons (Fsp3) is 0.350. The Hall–Kier alpha value is -2.20. The number of hydrogen-bond acceptors (Lipinski definition) is 2. The minimum Gasteiger partial charge on any atom is -0.307 e. The first-order valence-corrected chi connectivity index (χ1v) is 8.67. The van der Waals surface area contributed by atoms with Gasteiger partial charge in [0.1, 0.15) is 11.5 Å². The number of likely N-dealkylation sites (tertiary alicyclic amines) is 1. The predicted molar refractivity (Wildman–Crippen MR) is 94.6 cm³/mol. The summed E-state index contributed by atoms with van der Waals surface area (Å²) in [6.45, 7) is 4.56. The van der Waals surface area contributed by atoms with Gasteiger partial charge in [-0.25, -0.2) is 9.37 Å². The van der Waals surface area contributed by atoms with Crippen LogP contribution in [-0.4, -0.2) is 33.4 Å².